The van der Waals surface area contributed by atoms with Gasteiger partial charge < -0.3 is 20.9 Å². The van der Waals surface area contributed by atoms with Crippen LogP contribution in [0.15, 0.2) is 24.4 Å². The summed E-state index contributed by atoms with van der Waals surface area (Å²) in [6, 6.07) is 7.42. The number of nitrogens with two attached hydrogens (primary N) is 1. The van der Waals surface area contributed by atoms with E-state index < -0.39 is 0 Å². The fourth-order valence-corrected chi connectivity index (χ4v) is 6.56. The van der Waals surface area contributed by atoms with Gasteiger partial charge in [-0.05, 0) is 67.7 Å². The molecule has 0 spiro atoms. The number of amides is 1. The predicted octanol–water partition coefficient (Wildman–Crippen LogP) is 3.96. The number of carbonyl (C=O) groups excluding carboxylic acids is 1. The number of nitrogens with zero attached hydrogens (tertiary/aromatic N) is 2. The molecule has 2 bridgehead atoms. The van der Waals surface area contributed by atoms with Crippen molar-refractivity contribution in [2.24, 2.45) is 17.6 Å². The van der Waals surface area contributed by atoms with Crippen LogP contribution in [0.1, 0.15) is 62.5 Å². The number of benzene rings is 1. The SMILES string of the molecule is N=C/C(=C\N)c1ccc2c(c1)CCN2CC1CC2CCC1N2C(=O)C1CCCCC1. The molecule has 0 aromatic heterocycles. The fourth-order valence-electron chi connectivity index (χ4n) is 6.56. The van der Waals surface area contributed by atoms with Crippen molar-refractivity contribution in [2.45, 2.75) is 69.9 Å². The van der Waals surface area contributed by atoms with Gasteiger partial charge in [0.2, 0.25) is 5.91 Å². The Morgan fingerprint density at radius 1 is 1.17 bits per heavy atom. The molecule has 1 aliphatic carbocycles. The molecule has 3 heterocycles. The van der Waals surface area contributed by atoms with E-state index in [-0.39, 0.29) is 0 Å². The smallest absolute Gasteiger partial charge is 0.226 e. The second-order valence-electron chi connectivity index (χ2n) is 9.68. The molecule has 160 valence electrons. The first-order valence-corrected chi connectivity index (χ1v) is 11.8. The van der Waals surface area contributed by atoms with Crippen LogP contribution in [0.4, 0.5) is 5.69 Å². The van der Waals surface area contributed by atoms with Crippen molar-refractivity contribution in [1.82, 2.24) is 4.90 Å². The molecule has 4 aliphatic rings. The Bertz CT molecular complexity index is 857. The van der Waals surface area contributed by atoms with E-state index in [0.717, 1.165) is 43.5 Å². The van der Waals surface area contributed by atoms with Gasteiger partial charge in [0.25, 0.3) is 0 Å². The lowest BCUT2D eigenvalue weighted by molar-refractivity contribution is -0.138. The van der Waals surface area contributed by atoms with Crippen LogP contribution in [-0.2, 0) is 11.2 Å². The van der Waals surface area contributed by atoms with Crippen LogP contribution >= 0.6 is 0 Å². The molecule has 0 radical (unpaired) electrons. The largest absolute Gasteiger partial charge is 0.404 e. The molecule has 1 aromatic rings. The Hall–Kier alpha value is -2.30. The van der Waals surface area contributed by atoms with E-state index >= 15 is 0 Å². The first kappa shape index (κ1) is 19.7. The van der Waals surface area contributed by atoms with Crippen molar-refractivity contribution in [3.05, 3.63) is 35.5 Å². The summed E-state index contributed by atoms with van der Waals surface area (Å²) in [6.45, 7) is 2.11. The molecular weight excluding hydrogens is 372 g/mol. The normalized spacial score (nSPS) is 28.8. The summed E-state index contributed by atoms with van der Waals surface area (Å²) in [5, 5.41) is 7.54. The van der Waals surface area contributed by atoms with Crippen molar-refractivity contribution in [3.8, 4) is 0 Å². The molecule has 1 saturated carbocycles. The minimum Gasteiger partial charge on any atom is -0.404 e. The Kier molecular flexibility index (Phi) is 5.30. The fraction of sp³-hybridized carbons (Fsp3) is 0.600. The zero-order chi connectivity index (χ0) is 20.7. The van der Waals surface area contributed by atoms with Gasteiger partial charge in [-0.15, -0.1) is 0 Å². The third-order valence-electron chi connectivity index (χ3n) is 8.07. The van der Waals surface area contributed by atoms with Crippen LogP contribution in [0, 0.1) is 17.2 Å². The summed E-state index contributed by atoms with van der Waals surface area (Å²) in [4.78, 5) is 18.1. The topological polar surface area (TPSA) is 73.4 Å². The Morgan fingerprint density at radius 3 is 2.77 bits per heavy atom. The average molecular weight is 407 g/mol. The molecule has 3 atom stereocenters. The predicted molar refractivity (Wildman–Crippen MR) is 122 cm³/mol. The van der Waals surface area contributed by atoms with Gasteiger partial charge in [0, 0.05) is 54.8 Å². The third kappa shape index (κ3) is 3.32. The van der Waals surface area contributed by atoms with E-state index in [1.165, 1.54) is 62.2 Å². The molecule has 3 N–H and O–H groups in total. The van der Waals surface area contributed by atoms with Crippen LogP contribution in [0.3, 0.4) is 0 Å². The lowest BCUT2D eigenvalue weighted by Gasteiger charge is -2.32. The van der Waals surface area contributed by atoms with Crippen LogP contribution in [-0.4, -0.2) is 42.2 Å². The number of allylic oxidation sites excluding steroid dienone is 1. The molecule has 5 heteroatoms. The molecule has 3 unspecified atom stereocenters. The second kappa shape index (κ2) is 8.09. The summed E-state index contributed by atoms with van der Waals surface area (Å²) >= 11 is 0. The number of hydrogen-bond acceptors (Lipinski definition) is 4. The van der Waals surface area contributed by atoms with Gasteiger partial charge in [-0.25, -0.2) is 0 Å². The minimum absolute atomic E-state index is 0.296. The van der Waals surface area contributed by atoms with Crippen molar-refractivity contribution in [2.75, 3.05) is 18.0 Å². The van der Waals surface area contributed by atoms with Crippen molar-refractivity contribution in [1.29, 1.82) is 5.41 Å². The van der Waals surface area contributed by atoms with Crippen LogP contribution in [0.2, 0.25) is 0 Å². The number of hydrogen-bond donors (Lipinski definition) is 2. The van der Waals surface area contributed by atoms with E-state index in [4.69, 9.17) is 11.1 Å². The second-order valence-corrected chi connectivity index (χ2v) is 9.68. The molecular formula is C25H34N4O. The van der Waals surface area contributed by atoms with E-state index in [1.807, 2.05) is 0 Å². The van der Waals surface area contributed by atoms with Crippen molar-refractivity contribution in [3.63, 3.8) is 0 Å². The Labute approximate surface area is 179 Å². The summed E-state index contributed by atoms with van der Waals surface area (Å²) in [6.07, 6.45) is 13.4. The van der Waals surface area contributed by atoms with E-state index in [2.05, 4.69) is 28.0 Å². The Balaban J connectivity index is 1.28. The summed E-state index contributed by atoms with van der Waals surface area (Å²) in [5.74, 6) is 1.37. The van der Waals surface area contributed by atoms with Gasteiger partial charge in [0.15, 0.2) is 0 Å². The molecule has 30 heavy (non-hydrogen) atoms. The van der Waals surface area contributed by atoms with Gasteiger partial charge in [0.05, 0.1) is 0 Å². The van der Waals surface area contributed by atoms with Gasteiger partial charge in [0.1, 0.15) is 0 Å². The number of fused-ring (bicyclic) bond motifs is 3. The first-order chi connectivity index (χ1) is 14.7. The third-order valence-corrected chi connectivity index (χ3v) is 8.07. The summed E-state index contributed by atoms with van der Waals surface area (Å²) in [5.41, 5.74) is 10.1. The zero-order valence-corrected chi connectivity index (χ0v) is 17.9. The first-order valence-electron chi connectivity index (χ1n) is 11.8. The molecule has 1 amide bonds. The highest BCUT2D eigenvalue weighted by atomic mass is 16.2. The molecule has 1 aromatic carbocycles. The number of rotatable bonds is 5. The Morgan fingerprint density at radius 2 is 2.00 bits per heavy atom. The van der Waals surface area contributed by atoms with Crippen LogP contribution in [0.5, 0.6) is 0 Å². The zero-order valence-electron chi connectivity index (χ0n) is 17.9. The summed E-state index contributed by atoms with van der Waals surface area (Å²) < 4.78 is 0. The summed E-state index contributed by atoms with van der Waals surface area (Å²) in [7, 11) is 0. The maximum absolute atomic E-state index is 13.3. The quantitative estimate of drug-likeness (QED) is 0.727. The van der Waals surface area contributed by atoms with Gasteiger partial charge in [-0.2, -0.15) is 0 Å². The van der Waals surface area contributed by atoms with Crippen LogP contribution < -0.4 is 10.6 Å². The maximum Gasteiger partial charge on any atom is 0.226 e. The van der Waals surface area contributed by atoms with E-state index in [1.54, 1.807) is 0 Å². The standard InChI is InChI=1S/C25H34N4O/c26-14-21(15-27)18-6-8-23-19(12-18)10-11-28(23)16-20-13-22-7-9-24(20)29(22)25(30)17-4-2-1-3-5-17/h6,8,12,14-15,17,20,22,24,26H,1-5,7,9-11,13,16,27H2/b21-15+,26-14?. The molecule has 3 aliphatic heterocycles. The van der Waals surface area contributed by atoms with Crippen molar-refractivity contribution < 1.29 is 4.79 Å². The number of carbonyl (C=O) groups is 1. The average Bonchev–Trinajstić information content (AvgIpc) is 3.48. The maximum atomic E-state index is 13.3. The minimum atomic E-state index is 0.296. The van der Waals surface area contributed by atoms with Gasteiger partial charge in [-0.1, -0.05) is 25.3 Å². The lowest BCUT2D eigenvalue weighted by atomic mass is 9.87. The number of nitrogens with one attached hydrogen (secondary N) is 1. The van der Waals surface area contributed by atoms with E-state index in [9.17, 15) is 4.79 Å². The molecule has 3 fully saturated rings. The highest BCUT2D eigenvalue weighted by molar-refractivity contribution is 6.08. The van der Waals surface area contributed by atoms with Gasteiger partial charge in [-0.3, -0.25) is 4.79 Å². The molecule has 2 saturated heterocycles. The molecule has 5 nitrogen and oxygen atoms in total. The van der Waals surface area contributed by atoms with Crippen molar-refractivity contribution >= 4 is 23.4 Å². The van der Waals surface area contributed by atoms with E-state index in [0.29, 0.717) is 29.8 Å². The monoisotopic (exact) mass is 406 g/mol. The van der Waals surface area contributed by atoms with Crippen LogP contribution in [0.25, 0.3) is 5.57 Å². The molecule has 5 rings (SSSR count). The highest BCUT2D eigenvalue weighted by Crippen LogP contribution is 2.45. The number of anilines is 1. The highest BCUT2D eigenvalue weighted by Gasteiger charge is 2.50. The van der Waals surface area contributed by atoms with Gasteiger partial charge >= 0.3 is 0 Å². The lowest BCUT2D eigenvalue weighted by Crippen LogP contribution is -2.42.